The van der Waals surface area contributed by atoms with E-state index in [9.17, 15) is 14.9 Å². The van der Waals surface area contributed by atoms with Crippen molar-refractivity contribution in [3.8, 4) is 0 Å². The summed E-state index contributed by atoms with van der Waals surface area (Å²) >= 11 is 0. The number of oxazole rings is 1. The molecule has 1 aromatic carbocycles. The molecule has 18 heavy (non-hydrogen) atoms. The quantitative estimate of drug-likeness (QED) is 0.496. The third kappa shape index (κ3) is 2.37. The molecule has 0 spiro atoms. The van der Waals surface area contributed by atoms with Gasteiger partial charge in [-0.25, -0.2) is 0 Å². The fraction of sp³-hybridized carbons (Fsp3) is 0.200. The lowest BCUT2D eigenvalue weighted by atomic mass is 10.3. The summed E-state index contributed by atoms with van der Waals surface area (Å²) in [6.07, 6.45) is 0. The first-order chi connectivity index (χ1) is 8.60. The summed E-state index contributed by atoms with van der Waals surface area (Å²) in [7, 11) is 1.26. The molecule has 0 fully saturated rings. The van der Waals surface area contributed by atoms with Crippen LogP contribution in [0.1, 0.15) is 0 Å². The number of anilines is 1. The topological polar surface area (TPSA) is 108 Å². The summed E-state index contributed by atoms with van der Waals surface area (Å²) in [4.78, 5) is 24.9. The van der Waals surface area contributed by atoms with Crippen molar-refractivity contribution >= 4 is 28.8 Å². The Balaban J connectivity index is 2.22. The maximum absolute atomic E-state index is 10.9. The molecule has 8 heteroatoms. The molecule has 0 atom stereocenters. The zero-order valence-corrected chi connectivity index (χ0v) is 9.37. The number of esters is 1. The van der Waals surface area contributed by atoms with Gasteiger partial charge in [-0.15, -0.1) is 0 Å². The summed E-state index contributed by atoms with van der Waals surface area (Å²) in [5.74, 6) is -0.469. The molecule has 94 valence electrons. The minimum atomic E-state index is -0.518. The van der Waals surface area contributed by atoms with Crippen LogP contribution in [0.15, 0.2) is 22.6 Å². The van der Waals surface area contributed by atoms with Crippen LogP contribution in [-0.2, 0) is 9.53 Å². The minimum absolute atomic E-state index is 0.0738. The standard InChI is InChI=1S/C10H9N3O5/c1-17-9(14)5-11-10-12-7-4-6(13(15)16)2-3-8(7)18-10/h2-4H,5H2,1H3,(H,11,12). The summed E-state index contributed by atoms with van der Waals surface area (Å²) in [6.45, 7) is -0.0919. The maximum Gasteiger partial charge on any atom is 0.325 e. The molecular formula is C10H9N3O5. The number of nitro benzene ring substituents is 1. The van der Waals surface area contributed by atoms with Crippen molar-refractivity contribution in [1.82, 2.24) is 4.98 Å². The normalized spacial score (nSPS) is 10.3. The van der Waals surface area contributed by atoms with Gasteiger partial charge in [-0.1, -0.05) is 0 Å². The lowest BCUT2D eigenvalue weighted by molar-refractivity contribution is -0.384. The molecule has 0 aliphatic carbocycles. The van der Waals surface area contributed by atoms with E-state index in [0.29, 0.717) is 11.1 Å². The zero-order chi connectivity index (χ0) is 13.1. The second-order valence-electron chi connectivity index (χ2n) is 3.36. The van der Waals surface area contributed by atoms with Gasteiger partial charge in [0, 0.05) is 12.1 Å². The molecule has 0 unspecified atom stereocenters. The summed E-state index contributed by atoms with van der Waals surface area (Å²) < 4.78 is 9.68. The molecule has 0 aliphatic rings. The van der Waals surface area contributed by atoms with Crippen LogP contribution in [0.2, 0.25) is 0 Å². The van der Waals surface area contributed by atoms with E-state index in [2.05, 4.69) is 15.0 Å². The van der Waals surface area contributed by atoms with Gasteiger partial charge in [0.2, 0.25) is 0 Å². The number of nitro groups is 1. The van der Waals surface area contributed by atoms with Gasteiger partial charge >= 0.3 is 5.97 Å². The molecule has 0 amide bonds. The van der Waals surface area contributed by atoms with Crippen LogP contribution in [0, 0.1) is 10.1 Å². The van der Waals surface area contributed by atoms with E-state index in [1.165, 1.54) is 25.3 Å². The summed E-state index contributed by atoms with van der Waals surface area (Å²) in [5.41, 5.74) is 0.667. The zero-order valence-electron chi connectivity index (χ0n) is 9.37. The number of nitrogens with one attached hydrogen (secondary N) is 1. The smallest absolute Gasteiger partial charge is 0.325 e. The average molecular weight is 251 g/mol. The number of aromatic nitrogens is 1. The Bertz CT molecular complexity index is 607. The number of fused-ring (bicyclic) bond motifs is 1. The molecule has 0 aliphatic heterocycles. The molecule has 1 N–H and O–H groups in total. The number of non-ortho nitro benzene ring substituents is 1. The number of hydrogen-bond donors (Lipinski definition) is 1. The van der Waals surface area contributed by atoms with Crippen LogP contribution in [0.3, 0.4) is 0 Å². The molecule has 1 aromatic heterocycles. The monoisotopic (exact) mass is 251 g/mol. The van der Waals surface area contributed by atoms with Crippen molar-refractivity contribution < 1.29 is 18.9 Å². The number of rotatable bonds is 4. The summed E-state index contributed by atoms with van der Waals surface area (Å²) in [5, 5.41) is 13.2. The van der Waals surface area contributed by atoms with Crippen LogP contribution in [0.5, 0.6) is 0 Å². The first-order valence-corrected chi connectivity index (χ1v) is 4.96. The van der Waals surface area contributed by atoms with Crippen molar-refractivity contribution in [2.45, 2.75) is 0 Å². The number of carbonyl (C=O) groups excluding carboxylic acids is 1. The molecule has 2 aromatic rings. The number of nitrogens with zero attached hydrogens (tertiary/aromatic N) is 2. The van der Waals surface area contributed by atoms with Gasteiger partial charge in [-0.3, -0.25) is 14.9 Å². The van der Waals surface area contributed by atoms with Crippen molar-refractivity contribution in [1.29, 1.82) is 0 Å². The number of hydrogen-bond acceptors (Lipinski definition) is 7. The van der Waals surface area contributed by atoms with E-state index in [1.807, 2.05) is 0 Å². The Kier molecular flexibility index (Phi) is 3.09. The van der Waals surface area contributed by atoms with Gasteiger partial charge in [0.15, 0.2) is 5.58 Å². The van der Waals surface area contributed by atoms with Crippen LogP contribution < -0.4 is 5.32 Å². The highest BCUT2D eigenvalue weighted by molar-refractivity contribution is 5.78. The third-order valence-electron chi connectivity index (χ3n) is 2.19. The number of ether oxygens (including phenoxy) is 1. The fourth-order valence-corrected chi connectivity index (χ4v) is 1.32. The van der Waals surface area contributed by atoms with Crippen molar-refractivity contribution in [3.63, 3.8) is 0 Å². The molecule has 2 rings (SSSR count). The van der Waals surface area contributed by atoms with Gasteiger partial charge in [0.05, 0.1) is 12.0 Å². The Hall–Kier alpha value is -2.64. The maximum atomic E-state index is 10.9. The van der Waals surface area contributed by atoms with Crippen molar-refractivity contribution in [2.75, 3.05) is 19.0 Å². The Morgan fingerprint density at radius 3 is 3.06 bits per heavy atom. The highest BCUT2D eigenvalue weighted by Crippen LogP contribution is 2.23. The van der Waals surface area contributed by atoms with Crippen LogP contribution >= 0.6 is 0 Å². The molecule has 1 heterocycles. The SMILES string of the molecule is COC(=O)CNc1nc2cc([N+](=O)[O-])ccc2o1. The van der Waals surface area contributed by atoms with E-state index < -0.39 is 10.9 Å². The fourth-order valence-electron chi connectivity index (χ4n) is 1.32. The second kappa shape index (κ2) is 4.70. The first kappa shape index (κ1) is 11.8. The highest BCUT2D eigenvalue weighted by Gasteiger charge is 2.12. The summed E-state index contributed by atoms with van der Waals surface area (Å²) in [6, 6.07) is 4.17. The van der Waals surface area contributed by atoms with Gasteiger partial charge < -0.3 is 14.5 Å². The molecule has 0 radical (unpaired) electrons. The van der Waals surface area contributed by atoms with E-state index in [0.717, 1.165) is 0 Å². The van der Waals surface area contributed by atoms with Crippen molar-refractivity contribution in [2.24, 2.45) is 0 Å². The Morgan fingerprint density at radius 1 is 1.61 bits per heavy atom. The minimum Gasteiger partial charge on any atom is -0.468 e. The molecule has 0 bridgehead atoms. The van der Waals surface area contributed by atoms with E-state index in [-0.39, 0.29) is 18.2 Å². The lowest BCUT2D eigenvalue weighted by Gasteiger charge is -1.98. The van der Waals surface area contributed by atoms with Crippen molar-refractivity contribution in [3.05, 3.63) is 28.3 Å². The molecular weight excluding hydrogens is 242 g/mol. The van der Waals surface area contributed by atoms with Crippen LogP contribution in [0.25, 0.3) is 11.1 Å². The average Bonchev–Trinajstić information content (AvgIpc) is 2.77. The van der Waals surface area contributed by atoms with E-state index in [4.69, 9.17) is 4.42 Å². The van der Waals surface area contributed by atoms with Gasteiger partial charge in [-0.05, 0) is 6.07 Å². The van der Waals surface area contributed by atoms with Gasteiger partial charge in [0.25, 0.3) is 11.7 Å². The van der Waals surface area contributed by atoms with Gasteiger partial charge in [-0.2, -0.15) is 4.98 Å². The Labute approximate surface area is 101 Å². The Morgan fingerprint density at radius 2 is 2.39 bits per heavy atom. The van der Waals surface area contributed by atoms with E-state index >= 15 is 0 Å². The molecule has 0 saturated carbocycles. The number of methoxy groups -OCH3 is 1. The van der Waals surface area contributed by atoms with E-state index in [1.54, 1.807) is 0 Å². The number of benzene rings is 1. The molecule has 8 nitrogen and oxygen atoms in total. The van der Waals surface area contributed by atoms with Crippen LogP contribution in [0.4, 0.5) is 11.7 Å². The molecule has 0 saturated heterocycles. The predicted molar refractivity (Wildman–Crippen MR) is 61.2 cm³/mol. The predicted octanol–water partition coefficient (Wildman–Crippen LogP) is 1.32. The number of carbonyl (C=O) groups is 1. The lowest BCUT2D eigenvalue weighted by Crippen LogP contribution is -2.14. The largest absolute Gasteiger partial charge is 0.468 e. The van der Waals surface area contributed by atoms with Crippen LogP contribution in [-0.4, -0.2) is 29.5 Å². The van der Waals surface area contributed by atoms with Gasteiger partial charge in [0.1, 0.15) is 12.1 Å². The highest BCUT2D eigenvalue weighted by atomic mass is 16.6. The second-order valence-corrected chi connectivity index (χ2v) is 3.36. The first-order valence-electron chi connectivity index (χ1n) is 4.96. The third-order valence-corrected chi connectivity index (χ3v) is 2.19.